The molecule has 4 aromatic rings. The molecule has 262 valence electrons. The number of carbonyl (C=O) groups is 2. The summed E-state index contributed by atoms with van der Waals surface area (Å²) in [6.07, 6.45) is -7.66. The molecule has 4 heterocycles. The Balaban J connectivity index is 1.57. The molecule has 0 aliphatic carbocycles. The standard InChI is InChI=1S/C33H33F6N5O4S/c1-30(2,3)47-28(45)41-21-12-17-16(7-8-20(34)25(17)49-21)22-19(33(37,38)39)11-18-24(23(22)35)42-27(36)43-26(18)32-10-9-15(13-40-14-32)44(32)29(46)48-31(4,5)6/h7-8,11-12,15,40H,9-10,13-14H2,1-6H3,(H,41,45). The maximum absolute atomic E-state index is 16.8. The van der Waals surface area contributed by atoms with E-state index in [0.29, 0.717) is 30.4 Å². The summed E-state index contributed by atoms with van der Waals surface area (Å²) in [5.74, 6) is -2.35. The van der Waals surface area contributed by atoms with Gasteiger partial charge in [-0.05, 0) is 78.1 Å². The van der Waals surface area contributed by atoms with E-state index in [1.165, 1.54) is 11.0 Å². The Labute approximate surface area is 281 Å². The highest BCUT2D eigenvalue weighted by Crippen LogP contribution is 2.50. The molecule has 9 nitrogen and oxygen atoms in total. The third-order valence-corrected chi connectivity index (χ3v) is 9.34. The van der Waals surface area contributed by atoms with Crippen molar-refractivity contribution in [2.45, 2.75) is 83.3 Å². The Morgan fingerprint density at radius 2 is 1.69 bits per heavy atom. The molecule has 2 aliphatic rings. The van der Waals surface area contributed by atoms with Crippen molar-refractivity contribution in [3.05, 3.63) is 53.2 Å². The van der Waals surface area contributed by atoms with E-state index in [1.807, 2.05) is 0 Å². The zero-order valence-electron chi connectivity index (χ0n) is 27.4. The Bertz CT molecular complexity index is 2000. The van der Waals surface area contributed by atoms with Crippen molar-refractivity contribution < 1.29 is 45.4 Å². The van der Waals surface area contributed by atoms with Crippen molar-refractivity contribution >= 4 is 49.5 Å². The lowest BCUT2D eigenvalue weighted by molar-refractivity contribution is -0.137. The highest BCUT2D eigenvalue weighted by Gasteiger charge is 2.55. The van der Waals surface area contributed by atoms with Gasteiger partial charge < -0.3 is 14.8 Å². The van der Waals surface area contributed by atoms with Crippen molar-refractivity contribution in [3.8, 4) is 11.1 Å². The summed E-state index contributed by atoms with van der Waals surface area (Å²) < 4.78 is 103. The third-order valence-electron chi connectivity index (χ3n) is 8.28. The number of benzene rings is 2. The van der Waals surface area contributed by atoms with Gasteiger partial charge in [-0.25, -0.2) is 23.4 Å². The number of amides is 2. The molecule has 2 saturated heterocycles. The van der Waals surface area contributed by atoms with Crippen LogP contribution in [-0.2, 0) is 21.2 Å². The number of thiophene rings is 1. The fraction of sp³-hybridized carbons (Fsp3) is 0.455. The van der Waals surface area contributed by atoms with Crippen LogP contribution in [0.25, 0.3) is 32.1 Å². The Hall–Kier alpha value is -4.18. The van der Waals surface area contributed by atoms with Crippen LogP contribution >= 0.6 is 11.3 Å². The minimum atomic E-state index is -5.17. The molecule has 16 heteroatoms. The van der Waals surface area contributed by atoms with Crippen molar-refractivity contribution in [1.82, 2.24) is 20.2 Å². The van der Waals surface area contributed by atoms with Crippen LogP contribution < -0.4 is 10.6 Å². The van der Waals surface area contributed by atoms with Gasteiger partial charge in [-0.1, -0.05) is 6.07 Å². The monoisotopic (exact) mass is 709 g/mol. The lowest BCUT2D eigenvalue weighted by atomic mass is 9.86. The van der Waals surface area contributed by atoms with E-state index >= 15 is 13.2 Å². The molecule has 2 N–H and O–H groups in total. The van der Waals surface area contributed by atoms with Gasteiger partial charge in [0.05, 0.1) is 21.0 Å². The van der Waals surface area contributed by atoms with Crippen molar-refractivity contribution in [1.29, 1.82) is 0 Å². The Kier molecular flexibility index (Phi) is 8.29. The van der Waals surface area contributed by atoms with Gasteiger partial charge in [0.2, 0.25) is 0 Å². The van der Waals surface area contributed by atoms with Gasteiger partial charge in [-0.2, -0.15) is 22.5 Å². The molecular weight excluding hydrogens is 676 g/mol. The van der Waals surface area contributed by atoms with E-state index in [9.17, 15) is 22.8 Å². The number of nitrogens with zero attached hydrogens (tertiary/aromatic N) is 3. The first-order valence-electron chi connectivity index (χ1n) is 15.4. The Morgan fingerprint density at radius 1 is 1.00 bits per heavy atom. The Morgan fingerprint density at radius 3 is 2.35 bits per heavy atom. The minimum Gasteiger partial charge on any atom is -0.444 e. The number of hydrogen-bond acceptors (Lipinski definition) is 8. The number of piperazine rings is 1. The highest BCUT2D eigenvalue weighted by molar-refractivity contribution is 7.23. The lowest BCUT2D eigenvalue weighted by Crippen LogP contribution is -2.61. The van der Waals surface area contributed by atoms with E-state index in [1.54, 1.807) is 41.5 Å². The first-order chi connectivity index (χ1) is 22.7. The summed E-state index contributed by atoms with van der Waals surface area (Å²) >= 11 is 0.715. The normalized spacial score (nSPS) is 19.8. The second-order valence-corrected chi connectivity index (χ2v) is 15.2. The molecule has 0 saturated carbocycles. The zero-order chi connectivity index (χ0) is 35.8. The lowest BCUT2D eigenvalue weighted by Gasteiger charge is -2.45. The van der Waals surface area contributed by atoms with Gasteiger partial charge in [0.1, 0.15) is 28.1 Å². The molecule has 2 fully saturated rings. The number of anilines is 1. The molecule has 2 bridgehead atoms. The van der Waals surface area contributed by atoms with Crippen LogP contribution in [0.3, 0.4) is 0 Å². The number of rotatable bonds is 3. The van der Waals surface area contributed by atoms with Crippen molar-refractivity contribution in [2.24, 2.45) is 0 Å². The molecule has 2 aliphatic heterocycles. The maximum atomic E-state index is 16.8. The number of aromatic nitrogens is 2. The summed E-state index contributed by atoms with van der Waals surface area (Å²) in [5.41, 5.74) is -7.14. The van der Waals surface area contributed by atoms with Crippen LogP contribution in [0.4, 0.5) is 40.9 Å². The van der Waals surface area contributed by atoms with E-state index in [4.69, 9.17) is 9.47 Å². The van der Waals surface area contributed by atoms with Crippen molar-refractivity contribution in [3.63, 3.8) is 0 Å². The van der Waals surface area contributed by atoms with Crippen LogP contribution in [0.15, 0.2) is 24.3 Å². The minimum absolute atomic E-state index is 0.0140. The number of ether oxygens (including phenoxy) is 2. The van der Waals surface area contributed by atoms with E-state index in [0.717, 1.165) is 12.1 Å². The molecule has 2 amide bonds. The second-order valence-electron chi connectivity index (χ2n) is 14.1. The molecule has 6 rings (SSSR count). The first kappa shape index (κ1) is 34.7. The molecular formula is C33H33F6N5O4S. The molecule has 2 aromatic carbocycles. The number of halogens is 6. The van der Waals surface area contributed by atoms with Gasteiger partial charge in [-0.15, -0.1) is 11.3 Å². The molecule has 0 radical (unpaired) electrons. The van der Waals surface area contributed by atoms with Crippen LogP contribution in [0.5, 0.6) is 0 Å². The van der Waals surface area contributed by atoms with Gasteiger partial charge in [0, 0.05) is 35.5 Å². The topological polar surface area (TPSA) is 106 Å². The quantitative estimate of drug-likeness (QED) is 0.162. The second kappa shape index (κ2) is 11.7. The SMILES string of the molecule is CC(C)(C)OC(=O)Nc1cc2c(-c3c(C(F)(F)F)cc4c(C56CCC(CNC5)N6C(=O)OC(C)(C)C)nc(F)nc4c3F)ccc(F)c2s1. The molecule has 0 spiro atoms. The van der Waals surface area contributed by atoms with E-state index < -0.39 is 80.9 Å². The smallest absolute Gasteiger partial charge is 0.417 e. The van der Waals surface area contributed by atoms with Crippen LogP contribution in [-0.4, -0.2) is 57.4 Å². The summed E-state index contributed by atoms with van der Waals surface area (Å²) in [5, 5.41) is 5.03. The van der Waals surface area contributed by atoms with Crippen LogP contribution in [0.2, 0.25) is 0 Å². The molecule has 49 heavy (non-hydrogen) atoms. The number of carbonyl (C=O) groups excluding carboxylic acids is 2. The third kappa shape index (κ3) is 6.35. The van der Waals surface area contributed by atoms with Gasteiger partial charge in [-0.3, -0.25) is 10.2 Å². The number of nitrogens with one attached hydrogen (secondary N) is 2. The summed E-state index contributed by atoms with van der Waals surface area (Å²) in [6.45, 7) is 10.2. The van der Waals surface area contributed by atoms with Crippen LogP contribution in [0, 0.1) is 17.7 Å². The zero-order valence-corrected chi connectivity index (χ0v) is 28.2. The first-order valence-corrected chi connectivity index (χ1v) is 16.2. The number of hydrogen-bond donors (Lipinski definition) is 2. The predicted molar refractivity (Wildman–Crippen MR) is 171 cm³/mol. The largest absolute Gasteiger partial charge is 0.444 e. The summed E-state index contributed by atoms with van der Waals surface area (Å²) in [6, 6.07) is 3.27. The van der Waals surface area contributed by atoms with Gasteiger partial charge in [0.15, 0.2) is 5.82 Å². The van der Waals surface area contributed by atoms with Gasteiger partial charge >= 0.3 is 24.4 Å². The van der Waals surface area contributed by atoms with E-state index in [-0.39, 0.29) is 39.3 Å². The predicted octanol–water partition coefficient (Wildman–Crippen LogP) is 8.49. The fourth-order valence-corrected chi connectivity index (χ4v) is 7.56. The highest BCUT2D eigenvalue weighted by atomic mass is 32.1. The number of alkyl halides is 3. The van der Waals surface area contributed by atoms with Gasteiger partial charge in [0.25, 0.3) is 0 Å². The molecule has 2 atom stereocenters. The summed E-state index contributed by atoms with van der Waals surface area (Å²) in [7, 11) is 0. The number of fused-ring (bicyclic) bond motifs is 4. The molecule has 2 unspecified atom stereocenters. The van der Waals surface area contributed by atoms with E-state index in [2.05, 4.69) is 20.6 Å². The summed E-state index contributed by atoms with van der Waals surface area (Å²) in [4.78, 5) is 34.8. The molecule has 2 aromatic heterocycles. The van der Waals surface area contributed by atoms with Crippen LogP contribution in [0.1, 0.15) is 65.6 Å². The average molecular weight is 710 g/mol. The maximum Gasteiger partial charge on any atom is 0.417 e. The average Bonchev–Trinajstić information content (AvgIpc) is 3.47. The van der Waals surface area contributed by atoms with Crippen molar-refractivity contribution in [2.75, 3.05) is 18.4 Å². The fourth-order valence-electron chi connectivity index (χ4n) is 6.58.